The highest BCUT2D eigenvalue weighted by atomic mass is 16.6. The fourth-order valence-electron chi connectivity index (χ4n) is 3.92. The van der Waals surface area contributed by atoms with Crippen molar-refractivity contribution >= 4 is 12.1 Å². The lowest BCUT2D eigenvalue weighted by atomic mass is 9.82. The Morgan fingerprint density at radius 2 is 1.31 bits per heavy atom. The van der Waals surface area contributed by atoms with Crippen molar-refractivity contribution in [2.45, 2.75) is 86.0 Å². The maximum atomic E-state index is 12.8. The largest absolute Gasteiger partial charge is 0.460 e. The molecule has 0 radical (unpaired) electrons. The summed E-state index contributed by atoms with van der Waals surface area (Å²) in [7, 11) is 0. The molecule has 0 aliphatic carbocycles. The van der Waals surface area contributed by atoms with Gasteiger partial charge in [-0.1, -0.05) is 47.5 Å². The number of rotatable bonds is 6. The van der Waals surface area contributed by atoms with Gasteiger partial charge in [0.15, 0.2) is 0 Å². The van der Waals surface area contributed by atoms with E-state index in [-0.39, 0.29) is 5.92 Å². The molecule has 0 aliphatic heterocycles. The Bertz CT molecular complexity index is 923. The number of alkyl carbamates (subject to hydrolysis) is 1. The van der Waals surface area contributed by atoms with E-state index in [0.29, 0.717) is 0 Å². The molecule has 5 nitrogen and oxygen atoms in total. The molecule has 2 aromatic rings. The molecule has 0 aromatic heterocycles. The first-order valence-electron chi connectivity index (χ1n) is 11.1. The van der Waals surface area contributed by atoms with Gasteiger partial charge in [0.2, 0.25) is 0 Å². The smallest absolute Gasteiger partial charge is 0.408 e. The van der Waals surface area contributed by atoms with Crippen LogP contribution in [0.2, 0.25) is 0 Å². The van der Waals surface area contributed by atoms with E-state index in [9.17, 15) is 9.59 Å². The van der Waals surface area contributed by atoms with Crippen molar-refractivity contribution in [3.63, 3.8) is 0 Å². The van der Waals surface area contributed by atoms with Gasteiger partial charge in [-0.15, -0.1) is 0 Å². The van der Waals surface area contributed by atoms with E-state index in [2.05, 4.69) is 69.4 Å². The maximum absolute atomic E-state index is 12.8. The van der Waals surface area contributed by atoms with Crippen molar-refractivity contribution in [1.82, 2.24) is 5.32 Å². The zero-order valence-electron chi connectivity index (χ0n) is 20.8. The van der Waals surface area contributed by atoms with Crippen molar-refractivity contribution < 1.29 is 19.1 Å². The summed E-state index contributed by atoms with van der Waals surface area (Å²) in [5, 5.41) is 2.56. The summed E-state index contributed by atoms with van der Waals surface area (Å²) >= 11 is 0. The molecule has 0 saturated carbocycles. The third kappa shape index (κ3) is 6.84. The third-order valence-corrected chi connectivity index (χ3v) is 5.38. The minimum absolute atomic E-state index is 0.131. The average Bonchev–Trinajstić information content (AvgIpc) is 2.63. The molecule has 1 amide bonds. The Hall–Kier alpha value is -2.82. The lowest BCUT2D eigenvalue weighted by molar-refractivity contribution is -0.150. The SMILES string of the molecule is Cc1ccc(C(c2ccc(C)cc2C)[C@H](C)OC(=O)[C@H](C)NC(=O)OC(C)(C)C)c(C)c1. The average molecular weight is 440 g/mol. The van der Waals surface area contributed by atoms with E-state index in [1.807, 2.05) is 6.92 Å². The van der Waals surface area contributed by atoms with Crippen LogP contribution in [-0.2, 0) is 14.3 Å². The van der Waals surface area contributed by atoms with Crippen LogP contribution in [0.4, 0.5) is 4.79 Å². The van der Waals surface area contributed by atoms with E-state index in [4.69, 9.17) is 9.47 Å². The number of esters is 1. The van der Waals surface area contributed by atoms with Gasteiger partial charge in [-0.3, -0.25) is 0 Å². The Morgan fingerprint density at radius 1 is 0.844 bits per heavy atom. The number of carbonyl (C=O) groups is 2. The van der Waals surface area contributed by atoms with E-state index in [0.717, 1.165) is 22.3 Å². The fraction of sp³-hybridized carbons (Fsp3) is 0.481. The molecule has 2 rings (SSSR count). The summed E-state index contributed by atoms with van der Waals surface area (Å²) in [6.45, 7) is 17.1. The van der Waals surface area contributed by atoms with Gasteiger partial charge in [0.05, 0.1) is 0 Å². The van der Waals surface area contributed by atoms with Crippen LogP contribution in [0, 0.1) is 27.7 Å². The van der Waals surface area contributed by atoms with Gasteiger partial charge in [0, 0.05) is 5.92 Å². The summed E-state index contributed by atoms with van der Waals surface area (Å²) in [5.74, 6) is -0.628. The molecular weight excluding hydrogens is 402 g/mol. The second kappa shape index (κ2) is 10.2. The molecule has 2 aromatic carbocycles. The Labute approximate surface area is 192 Å². The number of nitrogens with one attached hydrogen (secondary N) is 1. The quantitative estimate of drug-likeness (QED) is 0.569. The number of benzene rings is 2. The second-order valence-electron chi connectivity index (χ2n) is 9.71. The van der Waals surface area contributed by atoms with Gasteiger partial charge < -0.3 is 14.8 Å². The van der Waals surface area contributed by atoms with Crippen LogP contribution in [-0.4, -0.2) is 29.8 Å². The lowest BCUT2D eigenvalue weighted by Gasteiger charge is -2.29. The predicted molar refractivity (Wildman–Crippen MR) is 128 cm³/mol. The van der Waals surface area contributed by atoms with Crippen molar-refractivity contribution in [2.75, 3.05) is 0 Å². The molecule has 0 aliphatic rings. The van der Waals surface area contributed by atoms with Gasteiger partial charge in [0.25, 0.3) is 0 Å². The van der Waals surface area contributed by atoms with Crippen LogP contribution in [0.15, 0.2) is 36.4 Å². The fourth-order valence-corrected chi connectivity index (χ4v) is 3.92. The van der Waals surface area contributed by atoms with Crippen molar-refractivity contribution in [2.24, 2.45) is 0 Å². The molecule has 1 N–H and O–H groups in total. The molecule has 0 spiro atoms. The predicted octanol–water partition coefficient (Wildman–Crippen LogP) is 5.90. The van der Waals surface area contributed by atoms with Crippen molar-refractivity contribution in [3.05, 3.63) is 69.8 Å². The van der Waals surface area contributed by atoms with Gasteiger partial charge in [-0.2, -0.15) is 0 Å². The summed E-state index contributed by atoms with van der Waals surface area (Å²) < 4.78 is 11.1. The van der Waals surface area contributed by atoms with E-state index >= 15 is 0 Å². The summed E-state index contributed by atoms with van der Waals surface area (Å²) in [6.07, 6.45) is -1.08. The van der Waals surface area contributed by atoms with Crippen LogP contribution in [0.25, 0.3) is 0 Å². The van der Waals surface area contributed by atoms with Crippen LogP contribution >= 0.6 is 0 Å². The zero-order chi connectivity index (χ0) is 24.2. The minimum Gasteiger partial charge on any atom is -0.460 e. The molecule has 5 heteroatoms. The van der Waals surface area contributed by atoms with Gasteiger partial charge in [-0.25, -0.2) is 9.59 Å². The molecule has 174 valence electrons. The van der Waals surface area contributed by atoms with E-state index < -0.39 is 29.8 Å². The van der Waals surface area contributed by atoms with Crippen molar-refractivity contribution in [1.29, 1.82) is 0 Å². The highest BCUT2D eigenvalue weighted by Gasteiger charge is 2.30. The Morgan fingerprint density at radius 3 is 1.72 bits per heavy atom. The minimum atomic E-state index is -0.828. The first-order chi connectivity index (χ1) is 14.8. The molecule has 32 heavy (non-hydrogen) atoms. The zero-order valence-corrected chi connectivity index (χ0v) is 20.8. The second-order valence-corrected chi connectivity index (χ2v) is 9.71. The summed E-state index contributed by atoms with van der Waals surface area (Å²) in [5.41, 5.74) is 6.27. The maximum Gasteiger partial charge on any atom is 0.408 e. The van der Waals surface area contributed by atoms with Gasteiger partial charge in [-0.05, 0) is 84.6 Å². The lowest BCUT2D eigenvalue weighted by Crippen LogP contribution is -2.43. The number of hydrogen-bond acceptors (Lipinski definition) is 4. The van der Waals surface area contributed by atoms with Crippen molar-refractivity contribution in [3.8, 4) is 0 Å². The number of carbonyl (C=O) groups excluding carboxylic acids is 2. The Balaban J connectivity index is 2.29. The van der Waals surface area contributed by atoms with Crippen LogP contribution in [0.5, 0.6) is 0 Å². The first kappa shape index (κ1) is 25.4. The number of ether oxygens (including phenoxy) is 2. The summed E-state index contributed by atoms with van der Waals surface area (Å²) in [4.78, 5) is 24.9. The molecule has 0 saturated heterocycles. The molecule has 0 heterocycles. The standard InChI is InChI=1S/C27H37NO4/c1-16-10-12-22(18(3)14-16)24(23-13-11-17(2)15-19(23)4)21(6)31-25(29)20(5)28-26(30)32-27(7,8)9/h10-15,20-21,24H,1-9H3,(H,28,30)/t20-,21-/m0/s1. The highest BCUT2D eigenvalue weighted by molar-refractivity contribution is 5.81. The van der Waals surface area contributed by atoms with Gasteiger partial charge in [0.1, 0.15) is 17.7 Å². The highest BCUT2D eigenvalue weighted by Crippen LogP contribution is 2.34. The number of aryl methyl sites for hydroxylation is 4. The van der Waals surface area contributed by atoms with Crippen LogP contribution in [0.3, 0.4) is 0 Å². The monoisotopic (exact) mass is 439 g/mol. The van der Waals surface area contributed by atoms with Crippen LogP contribution in [0.1, 0.15) is 73.9 Å². The molecule has 0 bridgehead atoms. The molecule has 2 atom stereocenters. The normalized spacial score (nSPS) is 13.4. The first-order valence-corrected chi connectivity index (χ1v) is 11.1. The third-order valence-electron chi connectivity index (χ3n) is 5.38. The van der Waals surface area contributed by atoms with Crippen LogP contribution < -0.4 is 5.32 Å². The molecular formula is C27H37NO4. The number of amides is 1. The molecule has 0 fully saturated rings. The topological polar surface area (TPSA) is 64.6 Å². The Kier molecular flexibility index (Phi) is 8.11. The van der Waals surface area contributed by atoms with Gasteiger partial charge >= 0.3 is 12.1 Å². The molecule has 0 unspecified atom stereocenters. The summed E-state index contributed by atoms with van der Waals surface area (Å²) in [6, 6.07) is 11.9. The van der Waals surface area contributed by atoms with E-state index in [1.54, 1.807) is 27.7 Å². The number of hydrogen-bond donors (Lipinski definition) is 1. The van der Waals surface area contributed by atoms with E-state index in [1.165, 1.54) is 11.1 Å².